The van der Waals surface area contributed by atoms with Crippen molar-refractivity contribution in [1.29, 1.82) is 0 Å². The molecule has 122 valence electrons. The van der Waals surface area contributed by atoms with Gasteiger partial charge in [0.05, 0.1) is 13.2 Å². The van der Waals surface area contributed by atoms with Gasteiger partial charge in [0.15, 0.2) is 0 Å². The summed E-state index contributed by atoms with van der Waals surface area (Å²) >= 11 is 0. The first kappa shape index (κ1) is 16.6. The number of ether oxygens (including phenoxy) is 1. The maximum Gasteiger partial charge on any atom is 0.219 e. The Morgan fingerprint density at radius 2 is 1.81 bits per heavy atom. The molecule has 2 aliphatic heterocycles. The van der Waals surface area contributed by atoms with Gasteiger partial charge in [-0.1, -0.05) is 0 Å². The fourth-order valence-electron chi connectivity index (χ4n) is 2.99. The highest BCUT2D eigenvalue weighted by molar-refractivity contribution is 5.73. The summed E-state index contributed by atoms with van der Waals surface area (Å²) in [5, 5.41) is 59.1. The molecular formula is C12H21NO8. The molecule has 0 radical (unpaired) electrons. The van der Waals surface area contributed by atoms with Crippen molar-refractivity contribution in [3.8, 4) is 0 Å². The number of likely N-dealkylation sites (tertiary alicyclic amines) is 1. The Bertz CT molecular complexity index is 405. The number of β-amino-alcohol motifs (C(OH)–C–C–N with tert-alkyl or cyclic N) is 1. The fraction of sp³-hybridized carbons (Fsp3) is 0.917. The molecule has 7 atom stereocenters. The molecule has 2 rings (SSSR count). The third-order valence-corrected chi connectivity index (χ3v) is 4.26. The highest BCUT2D eigenvalue weighted by atomic mass is 16.6. The van der Waals surface area contributed by atoms with E-state index in [0.29, 0.717) is 0 Å². The van der Waals surface area contributed by atoms with E-state index in [0.717, 1.165) is 0 Å². The maximum absolute atomic E-state index is 11.5. The Hall–Kier alpha value is -0.810. The van der Waals surface area contributed by atoms with Gasteiger partial charge in [-0.3, -0.25) is 4.79 Å². The third kappa shape index (κ3) is 2.55. The molecule has 21 heavy (non-hydrogen) atoms. The highest BCUT2D eigenvalue weighted by Gasteiger charge is 2.61. The van der Waals surface area contributed by atoms with Crippen molar-refractivity contribution in [3.63, 3.8) is 0 Å². The van der Waals surface area contributed by atoms with Crippen LogP contribution in [0.15, 0.2) is 0 Å². The summed E-state index contributed by atoms with van der Waals surface area (Å²) < 4.78 is 5.41. The number of carbonyl (C=O) groups excluding carboxylic acids is 1. The van der Waals surface area contributed by atoms with Gasteiger partial charge in [0, 0.05) is 13.5 Å². The van der Waals surface area contributed by atoms with E-state index in [1.807, 2.05) is 0 Å². The molecule has 0 aliphatic carbocycles. The lowest BCUT2D eigenvalue weighted by Gasteiger charge is -2.55. The molecule has 0 aromatic carbocycles. The number of piperidine rings is 1. The van der Waals surface area contributed by atoms with Crippen molar-refractivity contribution >= 4 is 5.91 Å². The van der Waals surface area contributed by atoms with E-state index in [1.54, 1.807) is 0 Å². The quantitative estimate of drug-likeness (QED) is 0.285. The smallest absolute Gasteiger partial charge is 0.219 e. The molecular weight excluding hydrogens is 286 g/mol. The van der Waals surface area contributed by atoms with Crippen LogP contribution in [0.25, 0.3) is 0 Å². The summed E-state index contributed by atoms with van der Waals surface area (Å²) in [6.07, 6.45) is -9.20. The first-order valence-corrected chi connectivity index (χ1v) is 6.69. The van der Waals surface area contributed by atoms with Crippen LogP contribution in [0.1, 0.15) is 6.92 Å². The number of hydrogen-bond donors (Lipinski definition) is 6. The zero-order valence-electron chi connectivity index (χ0n) is 11.5. The molecule has 2 saturated heterocycles. The first-order valence-electron chi connectivity index (χ1n) is 6.69. The number of aliphatic hydroxyl groups is 6. The first-order chi connectivity index (χ1) is 9.74. The van der Waals surface area contributed by atoms with Crippen LogP contribution >= 0.6 is 0 Å². The van der Waals surface area contributed by atoms with Crippen LogP contribution in [0.5, 0.6) is 0 Å². The number of aliphatic hydroxyl groups excluding tert-OH is 6. The van der Waals surface area contributed by atoms with Gasteiger partial charge >= 0.3 is 0 Å². The molecule has 6 N–H and O–H groups in total. The summed E-state index contributed by atoms with van der Waals surface area (Å²) in [5.41, 5.74) is -1.88. The molecule has 1 spiro atoms. The average molecular weight is 307 g/mol. The van der Waals surface area contributed by atoms with Crippen molar-refractivity contribution in [2.75, 3.05) is 19.7 Å². The molecule has 0 aromatic rings. The molecule has 1 amide bonds. The standard InChI is InChI=1S/C12H21NO8/c1-5(15)13-2-6(16)10(19)12(4-13)11(20)9(18)8(17)7(3-14)21-12/h6-11,14,16-20H,2-4H2,1H3/t6-,7-,8-,9+,10-,11-,12+/m1/s1. The number of rotatable bonds is 1. The van der Waals surface area contributed by atoms with Gasteiger partial charge < -0.3 is 40.3 Å². The maximum atomic E-state index is 11.5. The lowest BCUT2D eigenvalue weighted by atomic mass is 9.76. The number of hydrogen-bond acceptors (Lipinski definition) is 8. The topological polar surface area (TPSA) is 151 Å². The van der Waals surface area contributed by atoms with E-state index in [9.17, 15) is 35.4 Å². The summed E-state index contributed by atoms with van der Waals surface area (Å²) in [6, 6.07) is 0. The highest BCUT2D eigenvalue weighted by Crippen LogP contribution is 2.37. The lowest BCUT2D eigenvalue weighted by Crippen LogP contribution is -2.77. The fourth-order valence-corrected chi connectivity index (χ4v) is 2.99. The molecule has 9 heteroatoms. The van der Waals surface area contributed by atoms with Crippen LogP contribution in [0, 0.1) is 0 Å². The van der Waals surface area contributed by atoms with E-state index < -0.39 is 54.7 Å². The van der Waals surface area contributed by atoms with Crippen molar-refractivity contribution in [3.05, 3.63) is 0 Å². The second-order valence-corrected chi connectivity index (χ2v) is 5.63. The zero-order valence-corrected chi connectivity index (χ0v) is 11.5. The predicted octanol–water partition coefficient (Wildman–Crippen LogP) is -4.22. The van der Waals surface area contributed by atoms with Gasteiger partial charge in [0.2, 0.25) is 5.91 Å². The lowest BCUT2D eigenvalue weighted by molar-refractivity contribution is -0.319. The van der Waals surface area contributed by atoms with Crippen molar-refractivity contribution in [2.45, 2.75) is 49.1 Å². The van der Waals surface area contributed by atoms with Gasteiger partial charge in [-0.2, -0.15) is 0 Å². The van der Waals surface area contributed by atoms with Gasteiger partial charge in [-0.15, -0.1) is 0 Å². The Labute approximate surface area is 121 Å². The Morgan fingerprint density at radius 3 is 2.33 bits per heavy atom. The van der Waals surface area contributed by atoms with E-state index in [-0.39, 0.29) is 13.1 Å². The normalized spacial score (nSPS) is 47.7. The van der Waals surface area contributed by atoms with Crippen molar-refractivity contribution < 1.29 is 40.2 Å². The average Bonchev–Trinajstić information content (AvgIpc) is 2.45. The minimum atomic E-state index is -1.88. The molecule has 2 fully saturated rings. The molecule has 9 nitrogen and oxygen atoms in total. The van der Waals surface area contributed by atoms with Gasteiger partial charge in [-0.25, -0.2) is 0 Å². The van der Waals surface area contributed by atoms with E-state index in [2.05, 4.69) is 0 Å². The summed E-state index contributed by atoms with van der Waals surface area (Å²) in [5.74, 6) is -0.405. The van der Waals surface area contributed by atoms with Crippen LogP contribution in [0.2, 0.25) is 0 Å². The van der Waals surface area contributed by atoms with Gasteiger partial charge in [0.1, 0.15) is 42.2 Å². The molecule has 0 bridgehead atoms. The van der Waals surface area contributed by atoms with Crippen molar-refractivity contribution in [2.24, 2.45) is 0 Å². The summed E-state index contributed by atoms with van der Waals surface area (Å²) in [7, 11) is 0. The Balaban J connectivity index is 2.37. The summed E-state index contributed by atoms with van der Waals surface area (Å²) in [4.78, 5) is 12.7. The third-order valence-electron chi connectivity index (χ3n) is 4.26. The molecule has 0 saturated carbocycles. The Kier molecular flexibility index (Phi) is 4.54. The number of amides is 1. The van der Waals surface area contributed by atoms with Crippen LogP contribution in [-0.2, 0) is 9.53 Å². The SMILES string of the molecule is CC(=O)N1C[C@@H](O)[C@@H](O)[C@]2(C1)O[C@H](CO)[C@@H](O)[C@H](O)[C@H]2O. The van der Waals surface area contributed by atoms with Gasteiger partial charge in [0.25, 0.3) is 0 Å². The molecule has 0 aromatic heterocycles. The zero-order chi connectivity index (χ0) is 15.9. The minimum absolute atomic E-state index is 0.142. The predicted molar refractivity (Wildman–Crippen MR) is 67.0 cm³/mol. The van der Waals surface area contributed by atoms with Crippen molar-refractivity contribution in [1.82, 2.24) is 4.90 Å². The van der Waals surface area contributed by atoms with Gasteiger partial charge in [-0.05, 0) is 0 Å². The Morgan fingerprint density at radius 1 is 1.19 bits per heavy atom. The second-order valence-electron chi connectivity index (χ2n) is 5.63. The van der Waals surface area contributed by atoms with Crippen LogP contribution in [-0.4, -0.2) is 103 Å². The van der Waals surface area contributed by atoms with E-state index in [1.165, 1.54) is 11.8 Å². The monoisotopic (exact) mass is 307 g/mol. The molecule has 2 heterocycles. The van der Waals surface area contributed by atoms with E-state index >= 15 is 0 Å². The minimum Gasteiger partial charge on any atom is -0.394 e. The van der Waals surface area contributed by atoms with Crippen LogP contribution in [0.3, 0.4) is 0 Å². The number of nitrogens with zero attached hydrogens (tertiary/aromatic N) is 1. The van der Waals surface area contributed by atoms with Crippen LogP contribution < -0.4 is 0 Å². The number of carbonyl (C=O) groups is 1. The largest absolute Gasteiger partial charge is 0.394 e. The second kappa shape index (κ2) is 5.76. The van der Waals surface area contributed by atoms with E-state index in [4.69, 9.17) is 4.74 Å². The molecule has 2 aliphatic rings. The molecule has 0 unspecified atom stereocenters. The van der Waals surface area contributed by atoms with Crippen LogP contribution in [0.4, 0.5) is 0 Å². The summed E-state index contributed by atoms with van der Waals surface area (Å²) in [6.45, 7) is 0.177.